The fourth-order valence-corrected chi connectivity index (χ4v) is 2.24. The minimum Gasteiger partial charge on any atom is -0.457 e. The highest BCUT2D eigenvalue weighted by Crippen LogP contribution is 2.30. The summed E-state index contributed by atoms with van der Waals surface area (Å²) in [5.41, 5.74) is 8.19. The molecule has 0 saturated carbocycles. The molecule has 2 aromatic carbocycles. The molecule has 0 bridgehead atoms. The Kier molecular flexibility index (Phi) is 3.76. The van der Waals surface area contributed by atoms with Gasteiger partial charge in [0.25, 0.3) is 0 Å². The Bertz CT molecular complexity index is 618. The van der Waals surface area contributed by atoms with Gasteiger partial charge in [0.05, 0.1) is 10.6 Å². The second-order valence-electron chi connectivity index (χ2n) is 4.45. The summed E-state index contributed by atoms with van der Waals surface area (Å²) in [6.07, 6.45) is 0. The molecule has 0 fully saturated rings. The fraction of sp³-hybridized carbons (Fsp3) is 0.133. The standard InChI is InChI=1S/C15H15ClN2O/c1-9-6-10(2)8-11(7-9)19-13-5-3-4-12(16)14(13)15(17)18/h3-8H,1-2H3,(H3,17,18). The van der Waals surface area contributed by atoms with E-state index >= 15 is 0 Å². The van der Waals surface area contributed by atoms with Crippen LogP contribution in [0.15, 0.2) is 36.4 Å². The lowest BCUT2D eigenvalue weighted by atomic mass is 10.1. The smallest absolute Gasteiger partial charge is 0.139 e. The van der Waals surface area contributed by atoms with E-state index in [1.165, 1.54) is 0 Å². The normalized spacial score (nSPS) is 10.3. The van der Waals surface area contributed by atoms with Crippen LogP contribution in [0.5, 0.6) is 11.5 Å². The van der Waals surface area contributed by atoms with Crippen LogP contribution in [0, 0.1) is 19.3 Å². The Labute approximate surface area is 117 Å². The van der Waals surface area contributed by atoms with Crippen molar-refractivity contribution < 1.29 is 4.74 Å². The molecule has 0 aliphatic rings. The van der Waals surface area contributed by atoms with Crippen LogP contribution in [-0.2, 0) is 0 Å². The maximum Gasteiger partial charge on any atom is 0.139 e. The van der Waals surface area contributed by atoms with Crippen molar-refractivity contribution in [1.82, 2.24) is 0 Å². The highest BCUT2D eigenvalue weighted by Gasteiger charge is 2.12. The van der Waals surface area contributed by atoms with E-state index in [1.54, 1.807) is 18.2 Å². The first-order valence-corrected chi connectivity index (χ1v) is 6.24. The number of ether oxygens (including phenoxy) is 1. The number of hydrogen-bond acceptors (Lipinski definition) is 2. The Morgan fingerprint density at radius 1 is 1.16 bits per heavy atom. The largest absolute Gasteiger partial charge is 0.457 e. The van der Waals surface area contributed by atoms with Crippen LogP contribution in [0.3, 0.4) is 0 Å². The van der Waals surface area contributed by atoms with Crippen LogP contribution in [0.1, 0.15) is 16.7 Å². The maximum atomic E-state index is 7.58. The molecule has 0 amide bonds. The van der Waals surface area contributed by atoms with Gasteiger partial charge in [0.1, 0.15) is 17.3 Å². The number of nitrogens with two attached hydrogens (primary N) is 1. The monoisotopic (exact) mass is 274 g/mol. The van der Waals surface area contributed by atoms with Gasteiger partial charge in [-0.3, -0.25) is 5.41 Å². The number of nitrogens with one attached hydrogen (secondary N) is 1. The maximum absolute atomic E-state index is 7.58. The van der Waals surface area contributed by atoms with Gasteiger partial charge >= 0.3 is 0 Å². The van der Waals surface area contributed by atoms with Gasteiger partial charge in [0, 0.05) is 0 Å². The predicted molar refractivity (Wildman–Crippen MR) is 78.5 cm³/mol. The molecule has 0 aliphatic heterocycles. The van der Waals surface area contributed by atoms with Crippen LogP contribution in [0.2, 0.25) is 5.02 Å². The summed E-state index contributed by atoms with van der Waals surface area (Å²) >= 11 is 6.05. The van der Waals surface area contributed by atoms with Crippen LogP contribution < -0.4 is 10.5 Å². The number of hydrogen-bond donors (Lipinski definition) is 2. The molecule has 0 aliphatic carbocycles. The van der Waals surface area contributed by atoms with E-state index in [9.17, 15) is 0 Å². The van der Waals surface area contributed by atoms with Crippen LogP contribution in [0.25, 0.3) is 0 Å². The topological polar surface area (TPSA) is 59.1 Å². The third kappa shape index (κ3) is 3.06. The zero-order valence-corrected chi connectivity index (χ0v) is 11.6. The molecule has 2 rings (SSSR count). The highest BCUT2D eigenvalue weighted by molar-refractivity contribution is 6.34. The summed E-state index contributed by atoms with van der Waals surface area (Å²) in [7, 11) is 0. The van der Waals surface area contributed by atoms with Crippen molar-refractivity contribution >= 4 is 17.4 Å². The van der Waals surface area contributed by atoms with Gasteiger partial charge in [-0.05, 0) is 49.2 Å². The molecule has 0 unspecified atom stereocenters. The van der Waals surface area contributed by atoms with E-state index in [4.69, 9.17) is 27.5 Å². The average molecular weight is 275 g/mol. The number of halogens is 1. The summed E-state index contributed by atoms with van der Waals surface area (Å²) in [6.45, 7) is 4.01. The van der Waals surface area contributed by atoms with E-state index in [-0.39, 0.29) is 5.84 Å². The third-order valence-corrected chi connectivity index (χ3v) is 2.98. The Morgan fingerprint density at radius 2 is 1.79 bits per heavy atom. The first kappa shape index (κ1) is 13.4. The molecule has 98 valence electrons. The molecule has 2 aromatic rings. The first-order valence-electron chi connectivity index (χ1n) is 5.86. The van der Waals surface area contributed by atoms with Gasteiger partial charge in [-0.1, -0.05) is 23.7 Å². The van der Waals surface area contributed by atoms with Gasteiger partial charge in [-0.25, -0.2) is 0 Å². The average Bonchev–Trinajstić information content (AvgIpc) is 2.26. The van der Waals surface area contributed by atoms with E-state index in [0.29, 0.717) is 22.1 Å². The molecule has 0 spiro atoms. The summed E-state index contributed by atoms with van der Waals surface area (Å²) in [4.78, 5) is 0. The number of nitrogen functional groups attached to an aromatic ring is 1. The lowest BCUT2D eigenvalue weighted by Gasteiger charge is -2.12. The van der Waals surface area contributed by atoms with Crippen molar-refractivity contribution in [3.8, 4) is 11.5 Å². The lowest BCUT2D eigenvalue weighted by Crippen LogP contribution is -2.13. The molecule has 3 nitrogen and oxygen atoms in total. The second-order valence-corrected chi connectivity index (χ2v) is 4.86. The summed E-state index contributed by atoms with van der Waals surface area (Å²) in [5, 5.41) is 7.99. The number of amidine groups is 1. The fourth-order valence-electron chi connectivity index (χ4n) is 1.97. The Hall–Kier alpha value is -2.00. The zero-order chi connectivity index (χ0) is 14.0. The van der Waals surface area contributed by atoms with E-state index in [0.717, 1.165) is 11.1 Å². The van der Waals surface area contributed by atoms with Crippen molar-refractivity contribution in [3.05, 3.63) is 58.1 Å². The summed E-state index contributed by atoms with van der Waals surface area (Å²) < 4.78 is 5.81. The summed E-state index contributed by atoms with van der Waals surface area (Å²) in [6, 6.07) is 11.1. The molecular weight excluding hydrogens is 260 g/mol. The van der Waals surface area contributed by atoms with E-state index in [2.05, 4.69) is 6.07 Å². The first-order chi connectivity index (χ1) is 8.97. The molecule has 0 radical (unpaired) electrons. The Morgan fingerprint density at radius 3 is 2.37 bits per heavy atom. The van der Waals surface area contributed by atoms with Crippen molar-refractivity contribution in [2.75, 3.05) is 0 Å². The van der Waals surface area contributed by atoms with Gasteiger partial charge in [-0.2, -0.15) is 0 Å². The molecule has 0 saturated heterocycles. The van der Waals surface area contributed by atoms with Crippen molar-refractivity contribution in [2.45, 2.75) is 13.8 Å². The quantitative estimate of drug-likeness (QED) is 0.656. The minimum atomic E-state index is -0.107. The number of aryl methyl sites for hydroxylation is 2. The lowest BCUT2D eigenvalue weighted by molar-refractivity contribution is 0.481. The molecule has 0 aromatic heterocycles. The van der Waals surface area contributed by atoms with Crippen molar-refractivity contribution in [1.29, 1.82) is 5.41 Å². The van der Waals surface area contributed by atoms with E-state index < -0.39 is 0 Å². The van der Waals surface area contributed by atoms with Crippen molar-refractivity contribution in [3.63, 3.8) is 0 Å². The molecular formula is C15H15ClN2O. The van der Waals surface area contributed by atoms with Crippen LogP contribution in [-0.4, -0.2) is 5.84 Å². The molecule has 19 heavy (non-hydrogen) atoms. The molecule has 0 heterocycles. The minimum absolute atomic E-state index is 0.107. The van der Waals surface area contributed by atoms with Gasteiger partial charge < -0.3 is 10.5 Å². The third-order valence-electron chi connectivity index (χ3n) is 2.67. The molecule has 0 atom stereocenters. The van der Waals surface area contributed by atoms with Gasteiger partial charge in [0.2, 0.25) is 0 Å². The van der Waals surface area contributed by atoms with E-state index in [1.807, 2.05) is 26.0 Å². The predicted octanol–water partition coefficient (Wildman–Crippen LogP) is 4.03. The SMILES string of the molecule is Cc1cc(C)cc(Oc2cccc(Cl)c2C(=N)N)c1. The summed E-state index contributed by atoms with van der Waals surface area (Å²) in [5.74, 6) is 1.09. The molecule has 4 heteroatoms. The van der Waals surface area contributed by atoms with Crippen LogP contribution >= 0.6 is 11.6 Å². The molecule has 3 N–H and O–H groups in total. The number of rotatable bonds is 3. The van der Waals surface area contributed by atoms with Gasteiger partial charge in [-0.15, -0.1) is 0 Å². The number of benzene rings is 2. The zero-order valence-electron chi connectivity index (χ0n) is 10.8. The van der Waals surface area contributed by atoms with Crippen LogP contribution in [0.4, 0.5) is 0 Å². The van der Waals surface area contributed by atoms with Gasteiger partial charge in [0.15, 0.2) is 0 Å². The Balaban J connectivity index is 2.43. The second kappa shape index (κ2) is 5.33. The highest BCUT2D eigenvalue weighted by atomic mass is 35.5. The van der Waals surface area contributed by atoms with Crippen molar-refractivity contribution in [2.24, 2.45) is 5.73 Å².